The molecule has 5 heteroatoms. The molecular formula is C9H13F5. The smallest absolute Gasteiger partial charge is 0.205 e. The summed E-state index contributed by atoms with van der Waals surface area (Å²) in [5.74, 6) is -4.78. The molecule has 0 aliphatic heterocycles. The predicted octanol–water partition coefficient (Wildman–Crippen LogP) is 3.87. The van der Waals surface area contributed by atoms with Gasteiger partial charge in [0.1, 0.15) is 5.41 Å². The summed E-state index contributed by atoms with van der Waals surface area (Å²) in [6.07, 6.45) is -4.85. The molecule has 0 bridgehead atoms. The summed E-state index contributed by atoms with van der Waals surface area (Å²) in [6, 6.07) is 0. The number of hydrogen-bond acceptors (Lipinski definition) is 0. The van der Waals surface area contributed by atoms with Gasteiger partial charge in [-0.25, -0.2) is 8.78 Å². The second kappa shape index (κ2) is 2.42. The fourth-order valence-electron chi connectivity index (χ4n) is 2.74. The van der Waals surface area contributed by atoms with Crippen LogP contribution in [0.2, 0.25) is 0 Å². The second-order valence-corrected chi connectivity index (χ2v) is 4.66. The van der Waals surface area contributed by atoms with Gasteiger partial charge in [-0.3, -0.25) is 0 Å². The van der Waals surface area contributed by atoms with Gasteiger partial charge >= 0.3 is 6.18 Å². The molecule has 1 rings (SSSR count). The molecule has 0 nitrogen and oxygen atoms in total. The molecule has 0 aromatic rings. The first-order chi connectivity index (χ1) is 5.94. The molecule has 84 valence electrons. The fourth-order valence-corrected chi connectivity index (χ4v) is 2.74. The number of halogens is 5. The van der Waals surface area contributed by atoms with E-state index in [2.05, 4.69) is 0 Å². The Balaban J connectivity index is 3.27. The van der Waals surface area contributed by atoms with Crippen molar-refractivity contribution in [2.24, 2.45) is 16.7 Å². The van der Waals surface area contributed by atoms with Crippen molar-refractivity contribution < 1.29 is 22.0 Å². The van der Waals surface area contributed by atoms with E-state index in [0.29, 0.717) is 0 Å². The van der Waals surface area contributed by atoms with Crippen LogP contribution in [-0.4, -0.2) is 12.1 Å². The zero-order chi connectivity index (χ0) is 11.6. The van der Waals surface area contributed by atoms with E-state index >= 15 is 0 Å². The Labute approximate surface area is 79.5 Å². The highest BCUT2D eigenvalue weighted by Gasteiger charge is 2.96. The van der Waals surface area contributed by atoms with Gasteiger partial charge in [0, 0.05) is 5.41 Å². The minimum Gasteiger partial charge on any atom is -0.205 e. The van der Waals surface area contributed by atoms with Gasteiger partial charge in [-0.05, 0) is 5.92 Å². The third-order valence-electron chi connectivity index (χ3n) is 3.52. The first-order valence-corrected chi connectivity index (χ1v) is 4.39. The third-order valence-corrected chi connectivity index (χ3v) is 3.52. The van der Waals surface area contributed by atoms with Crippen molar-refractivity contribution in [1.29, 1.82) is 0 Å². The zero-order valence-corrected chi connectivity index (χ0v) is 8.47. The van der Waals surface area contributed by atoms with E-state index in [0.717, 1.165) is 13.8 Å². The molecular weight excluding hydrogens is 203 g/mol. The van der Waals surface area contributed by atoms with E-state index in [1.54, 1.807) is 0 Å². The molecule has 0 amide bonds. The van der Waals surface area contributed by atoms with Gasteiger partial charge in [0.25, 0.3) is 5.92 Å². The molecule has 1 saturated carbocycles. The van der Waals surface area contributed by atoms with E-state index in [9.17, 15) is 22.0 Å². The summed E-state index contributed by atoms with van der Waals surface area (Å²) >= 11 is 0. The number of hydrogen-bond donors (Lipinski definition) is 0. The van der Waals surface area contributed by atoms with Gasteiger partial charge in [-0.1, -0.05) is 27.7 Å². The molecule has 0 N–H and O–H groups in total. The molecule has 1 fully saturated rings. The minimum atomic E-state index is -4.85. The summed E-state index contributed by atoms with van der Waals surface area (Å²) in [5.41, 5.74) is -4.85. The maximum atomic E-state index is 13.3. The predicted molar refractivity (Wildman–Crippen MR) is 42.1 cm³/mol. The highest BCUT2D eigenvalue weighted by Crippen LogP contribution is 2.82. The van der Waals surface area contributed by atoms with Crippen molar-refractivity contribution in [2.75, 3.05) is 0 Å². The van der Waals surface area contributed by atoms with Crippen LogP contribution in [0, 0.1) is 16.7 Å². The standard InChI is InChI=1S/C9H13F5/c1-5(2)7(9(12,13)14)6(3,4)8(7,10)11/h5H,1-4H3. The molecule has 0 saturated heterocycles. The lowest BCUT2D eigenvalue weighted by Gasteiger charge is -2.25. The van der Waals surface area contributed by atoms with Crippen molar-refractivity contribution >= 4 is 0 Å². The molecule has 1 unspecified atom stereocenters. The van der Waals surface area contributed by atoms with Gasteiger partial charge in [0.2, 0.25) is 0 Å². The first kappa shape index (κ1) is 11.7. The van der Waals surface area contributed by atoms with E-state index < -0.39 is 28.8 Å². The van der Waals surface area contributed by atoms with Crippen molar-refractivity contribution in [3.8, 4) is 0 Å². The lowest BCUT2D eigenvalue weighted by Crippen LogP contribution is -2.36. The van der Waals surface area contributed by atoms with E-state index in [4.69, 9.17) is 0 Å². The number of rotatable bonds is 1. The molecule has 14 heavy (non-hydrogen) atoms. The van der Waals surface area contributed by atoms with Crippen molar-refractivity contribution in [1.82, 2.24) is 0 Å². The Morgan fingerprint density at radius 1 is 1.00 bits per heavy atom. The maximum Gasteiger partial charge on any atom is 0.401 e. The molecule has 1 atom stereocenters. The molecule has 0 radical (unpaired) electrons. The fraction of sp³-hybridized carbons (Fsp3) is 1.00. The Morgan fingerprint density at radius 2 is 1.29 bits per heavy atom. The average molecular weight is 216 g/mol. The average Bonchev–Trinajstić information content (AvgIpc) is 2.16. The summed E-state index contributed by atoms with van der Waals surface area (Å²) in [4.78, 5) is 0. The van der Waals surface area contributed by atoms with Gasteiger partial charge in [0.05, 0.1) is 0 Å². The summed E-state index contributed by atoms with van der Waals surface area (Å²) in [5, 5.41) is 0. The lowest BCUT2D eigenvalue weighted by molar-refractivity contribution is -0.229. The van der Waals surface area contributed by atoms with Gasteiger partial charge < -0.3 is 0 Å². The van der Waals surface area contributed by atoms with Crippen molar-refractivity contribution in [3.63, 3.8) is 0 Å². The van der Waals surface area contributed by atoms with Crippen molar-refractivity contribution in [2.45, 2.75) is 39.8 Å². The largest absolute Gasteiger partial charge is 0.401 e. The molecule has 0 heterocycles. The van der Waals surface area contributed by atoms with E-state index in [-0.39, 0.29) is 0 Å². The highest BCUT2D eigenvalue weighted by molar-refractivity contribution is 5.28. The Hall–Kier alpha value is -0.350. The molecule has 1 aliphatic carbocycles. The topological polar surface area (TPSA) is 0 Å². The third kappa shape index (κ3) is 0.841. The van der Waals surface area contributed by atoms with E-state index in [1.807, 2.05) is 0 Å². The molecule has 1 aliphatic rings. The van der Waals surface area contributed by atoms with Gasteiger partial charge in [-0.2, -0.15) is 13.2 Å². The number of alkyl halides is 5. The zero-order valence-electron chi connectivity index (χ0n) is 8.47. The highest BCUT2D eigenvalue weighted by atomic mass is 19.4. The van der Waals surface area contributed by atoms with Crippen LogP contribution in [0.3, 0.4) is 0 Å². The molecule has 0 spiro atoms. The van der Waals surface area contributed by atoms with Crippen LogP contribution in [0.5, 0.6) is 0 Å². The van der Waals surface area contributed by atoms with Gasteiger partial charge in [-0.15, -0.1) is 0 Å². The monoisotopic (exact) mass is 216 g/mol. The SMILES string of the molecule is CC(C)C1(C(F)(F)F)C(C)(C)C1(F)F. The second-order valence-electron chi connectivity index (χ2n) is 4.66. The van der Waals surface area contributed by atoms with Crippen LogP contribution in [0.1, 0.15) is 27.7 Å². The summed E-state index contributed by atoms with van der Waals surface area (Å²) < 4.78 is 64.5. The van der Waals surface area contributed by atoms with Crippen LogP contribution in [0.4, 0.5) is 22.0 Å². The van der Waals surface area contributed by atoms with Crippen LogP contribution in [-0.2, 0) is 0 Å². The Kier molecular flexibility index (Phi) is 2.02. The van der Waals surface area contributed by atoms with Crippen LogP contribution in [0.25, 0.3) is 0 Å². The minimum absolute atomic E-state index is 0.973. The van der Waals surface area contributed by atoms with Crippen LogP contribution in [0.15, 0.2) is 0 Å². The van der Waals surface area contributed by atoms with Crippen LogP contribution >= 0.6 is 0 Å². The molecule has 0 aromatic carbocycles. The first-order valence-electron chi connectivity index (χ1n) is 4.39. The maximum absolute atomic E-state index is 13.3. The molecule has 0 aromatic heterocycles. The van der Waals surface area contributed by atoms with E-state index in [1.165, 1.54) is 13.8 Å². The van der Waals surface area contributed by atoms with Gasteiger partial charge in [0.15, 0.2) is 0 Å². The normalized spacial score (nSPS) is 34.7. The van der Waals surface area contributed by atoms with Crippen molar-refractivity contribution in [3.05, 3.63) is 0 Å². The lowest BCUT2D eigenvalue weighted by atomic mass is 9.84. The Morgan fingerprint density at radius 3 is 1.29 bits per heavy atom. The Bertz CT molecular complexity index is 234. The van der Waals surface area contributed by atoms with Crippen LogP contribution < -0.4 is 0 Å². The summed E-state index contributed by atoms with van der Waals surface area (Å²) in [6.45, 7) is 4.33. The quantitative estimate of drug-likeness (QED) is 0.584. The summed E-state index contributed by atoms with van der Waals surface area (Å²) in [7, 11) is 0.